The molecule has 1 aromatic carbocycles. The van der Waals surface area contributed by atoms with E-state index in [4.69, 9.17) is 5.11 Å². The molecule has 0 radical (unpaired) electrons. The molecule has 2 aromatic rings. The monoisotopic (exact) mass is 260 g/mol. The fraction of sp³-hybridized carbons (Fsp3) is 0.154. The lowest BCUT2D eigenvalue weighted by Crippen LogP contribution is -2.01. The lowest BCUT2D eigenvalue weighted by atomic mass is 10.1. The molecule has 1 aromatic heterocycles. The molecule has 92 valence electrons. The van der Waals surface area contributed by atoms with Gasteiger partial charge in [-0.2, -0.15) is 0 Å². The van der Waals surface area contributed by atoms with E-state index in [1.54, 1.807) is 11.8 Å². The van der Waals surface area contributed by atoms with E-state index in [-0.39, 0.29) is 5.69 Å². The van der Waals surface area contributed by atoms with Crippen LogP contribution in [0.2, 0.25) is 0 Å². The normalized spacial score (nSPS) is 10.3. The summed E-state index contributed by atoms with van der Waals surface area (Å²) in [6, 6.07) is 9.36. The van der Waals surface area contributed by atoms with Gasteiger partial charge in [0.2, 0.25) is 0 Å². The van der Waals surface area contributed by atoms with Crippen molar-refractivity contribution in [3.05, 3.63) is 42.4 Å². The van der Waals surface area contributed by atoms with Crippen LogP contribution in [0.4, 0.5) is 0 Å². The van der Waals surface area contributed by atoms with E-state index in [1.165, 1.54) is 17.3 Å². The van der Waals surface area contributed by atoms with Crippen LogP contribution in [0.15, 0.2) is 41.6 Å². The van der Waals surface area contributed by atoms with Crippen molar-refractivity contribution in [1.29, 1.82) is 0 Å². The van der Waals surface area contributed by atoms with Gasteiger partial charge in [0.15, 0.2) is 5.69 Å². The second-order valence-electron chi connectivity index (χ2n) is 3.55. The fourth-order valence-corrected chi connectivity index (χ4v) is 2.18. The highest BCUT2D eigenvalue weighted by Crippen LogP contribution is 2.22. The van der Waals surface area contributed by atoms with E-state index < -0.39 is 5.97 Å². The molecule has 1 heterocycles. The van der Waals surface area contributed by atoms with Gasteiger partial charge in [-0.15, -0.1) is 11.8 Å². The minimum Gasteiger partial charge on any atom is -0.477 e. The molecule has 0 aliphatic carbocycles. The van der Waals surface area contributed by atoms with E-state index in [0.717, 1.165) is 11.3 Å². The SMILES string of the molecule is CCSc1ccc(-c2cc(C(=O)O)ncn2)cc1. The number of aromatic carboxylic acids is 1. The van der Waals surface area contributed by atoms with Crippen LogP contribution in [-0.2, 0) is 0 Å². The predicted octanol–water partition coefficient (Wildman–Crippen LogP) is 2.95. The average molecular weight is 260 g/mol. The molecule has 0 spiro atoms. The van der Waals surface area contributed by atoms with Crippen LogP contribution in [0.1, 0.15) is 17.4 Å². The van der Waals surface area contributed by atoms with Crippen LogP contribution in [0.5, 0.6) is 0 Å². The van der Waals surface area contributed by atoms with Gasteiger partial charge in [-0.3, -0.25) is 0 Å². The van der Waals surface area contributed by atoms with Gasteiger partial charge in [-0.05, 0) is 24.0 Å². The first-order valence-corrected chi connectivity index (χ1v) is 6.48. The van der Waals surface area contributed by atoms with E-state index >= 15 is 0 Å². The van der Waals surface area contributed by atoms with Crippen LogP contribution >= 0.6 is 11.8 Å². The summed E-state index contributed by atoms with van der Waals surface area (Å²) in [5.74, 6) is -0.0208. The summed E-state index contributed by atoms with van der Waals surface area (Å²) in [7, 11) is 0. The summed E-state index contributed by atoms with van der Waals surface area (Å²) >= 11 is 1.76. The fourth-order valence-electron chi connectivity index (χ4n) is 1.52. The van der Waals surface area contributed by atoms with Crippen molar-refractivity contribution in [2.45, 2.75) is 11.8 Å². The molecule has 18 heavy (non-hydrogen) atoms. The molecule has 0 atom stereocenters. The van der Waals surface area contributed by atoms with E-state index in [0.29, 0.717) is 5.69 Å². The Kier molecular flexibility index (Phi) is 3.94. The van der Waals surface area contributed by atoms with Gasteiger partial charge in [0, 0.05) is 10.5 Å². The van der Waals surface area contributed by atoms with Crippen LogP contribution in [0, 0.1) is 0 Å². The predicted molar refractivity (Wildman–Crippen MR) is 70.8 cm³/mol. The smallest absolute Gasteiger partial charge is 0.354 e. The van der Waals surface area contributed by atoms with E-state index in [9.17, 15) is 4.79 Å². The number of benzene rings is 1. The van der Waals surface area contributed by atoms with Crippen molar-refractivity contribution in [1.82, 2.24) is 9.97 Å². The Bertz CT molecular complexity index is 555. The molecular formula is C13H12N2O2S. The van der Waals surface area contributed by atoms with Gasteiger partial charge < -0.3 is 5.11 Å². The highest BCUT2D eigenvalue weighted by molar-refractivity contribution is 7.99. The van der Waals surface area contributed by atoms with Gasteiger partial charge in [-0.25, -0.2) is 14.8 Å². The number of carboxylic acids is 1. The third-order valence-corrected chi connectivity index (χ3v) is 3.24. The van der Waals surface area contributed by atoms with Crippen LogP contribution in [-0.4, -0.2) is 26.8 Å². The number of carbonyl (C=O) groups is 1. The number of hydrogen-bond acceptors (Lipinski definition) is 4. The standard InChI is InChI=1S/C13H12N2O2S/c1-2-18-10-5-3-9(4-6-10)11-7-12(13(16)17)15-8-14-11/h3-8H,2H2,1H3,(H,16,17). The highest BCUT2D eigenvalue weighted by Gasteiger charge is 2.07. The van der Waals surface area contributed by atoms with Crippen LogP contribution in [0.25, 0.3) is 11.3 Å². The molecule has 2 rings (SSSR count). The maximum absolute atomic E-state index is 10.8. The van der Waals surface area contributed by atoms with Gasteiger partial charge in [-0.1, -0.05) is 19.1 Å². The van der Waals surface area contributed by atoms with Gasteiger partial charge in [0.05, 0.1) is 5.69 Å². The summed E-state index contributed by atoms with van der Waals surface area (Å²) in [5.41, 5.74) is 1.52. The summed E-state index contributed by atoms with van der Waals surface area (Å²) < 4.78 is 0. The minimum atomic E-state index is -1.04. The average Bonchev–Trinajstić information content (AvgIpc) is 2.40. The van der Waals surface area contributed by atoms with Crippen LogP contribution in [0.3, 0.4) is 0 Å². The Labute approximate surface area is 109 Å². The maximum atomic E-state index is 10.8. The summed E-state index contributed by atoms with van der Waals surface area (Å²) in [6.45, 7) is 2.10. The molecule has 0 amide bonds. The summed E-state index contributed by atoms with van der Waals surface area (Å²) in [6.07, 6.45) is 1.27. The quantitative estimate of drug-likeness (QED) is 0.856. The maximum Gasteiger partial charge on any atom is 0.354 e. The Hall–Kier alpha value is -1.88. The zero-order chi connectivity index (χ0) is 13.0. The van der Waals surface area contributed by atoms with Crippen molar-refractivity contribution in [3.63, 3.8) is 0 Å². The Balaban J connectivity index is 2.30. The van der Waals surface area contributed by atoms with Crippen molar-refractivity contribution in [2.75, 3.05) is 5.75 Å². The number of thioether (sulfide) groups is 1. The van der Waals surface area contributed by atoms with Crippen molar-refractivity contribution in [3.8, 4) is 11.3 Å². The van der Waals surface area contributed by atoms with Crippen molar-refractivity contribution < 1.29 is 9.90 Å². The zero-order valence-corrected chi connectivity index (χ0v) is 10.6. The van der Waals surface area contributed by atoms with Crippen molar-refractivity contribution >= 4 is 17.7 Å². The highest BCUT2D eigenvalue weighted by atomic mass is 32.2. The summed E-state index contributed by atoms with van der Waals surface area (Å²) in [4.78, 5) is 19.8. The number of hydrogen-bond donors (Lipinski definition) is 1. The van der Waals surface area contributed by atoms with Gasteiger partial charge >= 0.3 is 5.97 Å². The van der Waals surface area contributed by atoms with E-state index in [2.05, 4.69) is 16.9 Å². The first-order valence-electron chi connectivity index (χ1n) is 5.49. The van der Waals surface area contributed by atoms with E-state index in [1.807, 2.05) is 24.3 Å². The molecule has 0 fully saturated rings. The molecule has 0 aliphatic heterocycles. The number of carboxylic acid groups (broad SMARTS) is 1. The molecule has 5 heteroatoms. The molecule has 0 unspecified atom stereocenters. The lowest BCUT2D eigenvalue weighted by Gasteiger charge is -2.03. The van der Waals surface area contributed by atoms with Crippen LogP contribution < -0.4 is 0 Å². The molecule has 0 bridgehead atoms. The third-order valence-electron chi connectivity index (χ3n) is 2.35. The topological polar surface area (TPSA) is 63.1 Å². The summed E-state index contributed by atoms with van der Waals surface area (Å²) in [5, 5.41) is 8.88. The molecule has 0 saturated heterocycles. The molecular weight excluding hydrogens is 248 g/mol. The molecule has 1 N–H and O–H groups in total. The Morgan fingerprint density at radius 3 is 2.61 bits per heavy atom. The number of rotatable bonds is 4. The van der Waals surface area contributed by atoms with Gasteiger partial charge in [0.25, 0.3) is 0 Å². The third kappa shape index (κ3) is 2.87. The zero-order valence-electron chi connectivity index (χ0n) is 9.83. The van der Waals surface area contributed by atoms with Crippen molar-refractivity contribution in [2.24, 2.45) is 0 Å². The Morgan fingerprint density at radius 2 is 2.00 bits per heavy atom. The first kappa shape index (κ1) is 12.6. The molecule has 0 saturated carbocycles. The Morgan fingerprint density at radius 1 is 1.28 bits per heavy atom. The minimum absolute atomic E-state index is 0.00649. The lowest BCUT2D eigenvalue weighted by molar-refractivity contribution is 0.0690. The molecule has 0 aliphatic rings. The number of aromatic nitrogens is 2. The second kappa shape index (κ2) is 5.64. The largest absolute Gasteiger partial charge is 0.477 e. The van der Waals surface area contributed by atoms with Gasteiger partial charge in [0.1, 0.15) is 6.33 Å². The number of nitrogens with zero attached hydrogens (tertiary/aromatic N) is 2. The first-order chi connectivity index (χ1) is 8.70. The molecule has 4 nitrogen and oxygen atoms in total. The second-order valence-corrected chi connectivity index (χ2v) is 4.89.